The van der Waals surface area contributed by atoms with E-state index in [1.54, 1.807) is 24.3 Å². The van der Waals surface area contributed by atoms with Crippen molar-refractivity contribution < 1.29 is 14.2 Å². The van der Waals surface area contributed by atoms with Gasteiger partial charge in [-0.05, 0) is 12.1 Å². The first-order valence-electron chi connectivity index (χ1n) is 3.51. The summed E-state index contributed by atoms with van der Waals surface area (Å²) in [6, 6.07) is 8.71. The Bertz CT molecular complexity index is 297. The van der Waals surface area contributed by atoms with Gasteiger partial charge in [-0.2, -0.15) is 0 Å². The average Bonchev–Trinajstić information content (AvgIpc) is 2.17. The zero-order valence-corrected chi connectivity index (χ0v) is 10.2. The summed E-state index contributed by atoms with van der Waals surface area (Å²) >= 11 is 19.4. The number of para-hydroxylation sites is 1. The highest BCUT2D eigenvalue weighted by atomic mass is 35.6. The molecular weight excluding hydrogens is 286 g/mol. The average molecular weight is 292 g/mol. The van der Waals surface area contributed by atoms with Crippen molar-refractivity contribution in [1.29, 1.82) is 0 Å². The fourth-order valence-corrected chi connectivity index (χ4v) is 0.822. The third-order valence-corrected chi connectivity index (χ3v) is 1.66. The normalized spacial score (nSPS) is 9.87. The number of hydrogen-bond acceptors (Lipinski definition) is 3. The van der Waals surface area contributed by atoms with Gasteiger partial charge in [0, 0.05) is 0 Å². The van der Waals surface area contributed by atoms with Gasteiger partial charge in [0.15, 0.2) is 0 Å². The van der Waals surface area contributed by atoms with Gasteiger partial charge in [0.05, 0.1) is 0 Å². The third-order valence-electron chi connectivity index (χ3n) is 1.06. The SMILES string of the molecule is O=C(OCl)C(Cl)(Cl)Cl.Oc1ccccc1. The van der Waals surface area contributed by atoms with Gasteiger partial charge in [-0.25, -0.2) is 4.79 Å². The van der Waals surface area contributed by atoms with Crippen LogP contribution in [0.5, 0.6) is 5.75 Å². The van der Waals surface area contributed by atoms with E-state index in [2.05, 4.69) is 16.2 Å². The number of carbonyl (C=O) groups excluding carboxylic acids is 1. The van der Waals surface area contributed by atoms with Crippen molar-refractivity contribution in [3.05, 3.63) is 30.3 Å². The van der Waals surface area contributed by atoms with Crippen molar-refractivity contribution >= 4 is 52.6 Å². The van der Waals surface area contributed by atoms with Crippen molar-refractivity contribution in [3.8, 4) is 5.75 Å². The summed E-state index contributed by atoms with van der Waals surface area (Å²) in [4.78, 5) is 10.1. The molecule has 7 heteroatoms. The lowest BCUT2D eigenvalue weighted by Gasteiger charge is -2.02. The van der Waals surface area contributed by atoms with Crippen molar-refractivity contribution in [3.63, 3.8) is 0 Å². The summed E-state index contributed by atoms with van der Waals surface area (Å²) in [7, 11) is 0. The number of carbonyl (C=O) groups is 1. The Kier molecular flexibility index (Phi) is 6.85. The van der Waals surface area contributed by atoms with Gasteiger partial charge >= 0.3 is 5.97 Å². The Balaban J connectivity index is 0.000000262. The van der Waals surface area contributed by atoms with E-state index in [4.69, 9.17) is 39.9 Å². The summed E-state index contributed by atoms with van der Waals surface area (Å²) in [5, 5.41) is 8.63. The molecule has 1 N–H and O–H groups in total. The standard InChI is InChI=1S/C6H6O.C2Cl4O2/c7-6-4-2-1-3-5-6;3-2(4,5)1(7)8-6/h1-5,7H;. The molecule has 0 fully saturated rings. The van der Waals surface area contributed by atoms with Crippen molar-refractivity contribution in [2.24, 2.45) is 0 Å². The Hall–Kier alpha value is -0.350. The van der Waals surface area contributed by atoms with Crippen molar-refractivity contribution in [1.82, 2.24) is 0 Å². The molecule has 0 saturated carbocycles. The van der Waals surface area contributed by atoms with Gasteiger partial charge in [-0.1, -0.05) is 53.0 Å². The first kappa shape index (κ1) is 14.6. The fourth-order valence-electron chi connectivity index (χ4n) is 0.472. The second kappa shape index (κ2) is 7.01. The number of halogens is 4. The minimum absolute atomic E-state index is 0.322. The minimum Gasteiger partial charge on any atom is -0.508 e. The fraction of sp³-hybridized carbons (Fsp3) is 0.125. The van der Waals surface area contributed by atoms with Crippen LogP contribution in [0.3, 0.4) is 0 Å². The summed E-state index contributed by atoms with van der Waals surface area (Å²) < 4.78 is 1.48. The minimum atomic E-state index is -2.07. The van der Waals surface area contributed by atoms with Gasteiger partial charge < -0.3 is 9.40 Å². The second-order valence-corrected chi connectivity index (χ2v) is 4.63. The van der Waals surface area contributed by atoms with E-state index in [0.29, 0.717) is 5.75 Å². The van der Waals surface area contributed by atoms with E-state index in [1.807, 2.05) is 6.07 Å². The molecule has 1 aromatic carbocycles. The highest BCUT2D eigenvalue weighted by Crippen LogP contribution is 2.27. The second-order valence-electron chi connectivity index (χ2n) is 2.20. The summed E-state index contributed by atoms with van der Waals surface area (Å²) in [5.41, 5.74) is 0. The Morgan fingerprint density at radius 2 is 1.67 bits per heavy atom. The lowest BCUT2D eigenvalue weighted by molar-refractivity contribution is -0.132. The molecule has 0 heterocycles. The first-order valence-corrected chi connectivity index (χ1v) is 4.96. The molecule has 0 bridgehead atoms. The van der Waals surface area contributed by atoms with Crippen LogP contribution >= 0.6 is 46.7 Å². The smallest absolute Gasteiger partial charge is 0.376 e. The predicted molar refractivity (Wildman–Crippen MR) is 60.3 cm³/mol. The van der Waals surface area contributed by atoms with E-state index >= 15 is 0 Å². The van der Waals surface area contributed by atoms with Crippen molar-refractivity contribution in [2.45, 2.75) is 3.79 Å². The number of rotatable bonds is 0. The van der Waals surface area contributed by atoms with Gasteiger partial charge in [0.1, 0.15) is 17.6 Å². The lowest BCUT2D eigenvalue weighted by atomic mass is 10.3. The molecule has 0 aliphatic rings. The first-order chi connectivity index (χ1) is 6.88. The number of benzene rings is 1. The highest BCUT2D eigenvalue weighted by molar-refractivity contribution is 6.76. The quantitative estimate of drug-likeness (QED) is 0.745. The van der Waals surface area contributed by atoms with E-state index < -0.39 is 9.76 Å². The van der Waals surface area contributed by atoms with Gasteiger partial charge in [-0.3, -0.25) is 0 Å². The Morgan fingerprint density at radius 3 is 1.80 bits per heavy atom. The topological polar surface area (TPSA) is 46.5 Å². The van der Waals surface area contributed by atoms with E-state index in [-0.39, 0.29) is 0 Å². The maximum atomic E-state index is 10.1. The number of phenolic OH excluding ortho intramolecular Hbond substituents is 1. The molecule has 1 aromatic rings. The Labute approximate surface area is 107 Å². The molecule has 0 amide bonds. The molecule has 0 aliphatic carbocycles. The van der Waals surface area contributed by atoms with Gasteiger partial charge in [-0.15, -0.1) is 0 Å². The number of aromatic hydroxyl groups is 1. The van der Waals surface area contributed by atoms with Crippen LogP contribution in [0.4, 0.5) is 0 Å². The molecule has 0 spiro atoms. The molecule has 3 nitrogen and oxygen atoms in total. The summed E-state index contributed by atoms with van der Waals surface area (Å²) in [6.45, 7) is 0. The zero-order valence-electron chi connectivity index (χ0n) is 7.16. The van der Waals surface area contributed by atoms with Crippen LogP contribution in [-0.4, -0.2) is 14.9 Å². The number of alkyl halides is 3. The predicted octanol–water partition coefficient (Wildman–Crippen LogP) is 3.45. The van der Waals surface area contributed by atoms with E-state index in [1.165, 1.54) is 0 Å². The molecule has 0 aromatic heterocycles. The van der Waals surface area contributed by atoms with Gasteiger partial charge in [0.2, 0.25) is 0 Å². The van der Waals surface area contributed by atoms with Crippen LogP contribution in [0.2, 0.25) is 0 Å². The van der Waals surface area contributed by atoms with Crippen LogP contribution in [0.25, 0.3) is 0 Å². The van der Waals surface area contributed by atoms with E-state index in [9.17, 15) is 4.79 Å². The molecular formula is C8H6Cl4O3. The molecule has 0 atom stereocenters. The Morgan fingerprint density at radius 1 is 1.20 bits per heavy atom. The molecule has 0 aliphatic heterocycles. The van der Waals surface area contributed by atoms with Gasteiger partial charge in [0.25, 0.3) is 3.79 Å². The zero-order chi connectivity index (χ0) is 11.9. The number of phenols is 1. The van der Waals surface area contributed by atoms with Crippen LogP contribution in [0.1, 0.15) is 0 Å². The molecule has 84 valence electrons. The molecule has 0 unspecified atom stereocenters. The third kappa shape index (κ3) is 7.56. The van der Waals surface area contributed by atoms with Crippen LogP contribution in [-0.2, 0) is 9.08 Å². The maximum Gasteiger partial charge on any atom is 0.376 e. The molecule has 15 heavy (non-hydrogen) atoms. The monoisotopic (exact) mass is 290 g/mol. The van der Waals surface area contributed by atoms with Crippen LogP contribution in [0, 0.1) is 0 Å². The lowest BCUT2D eigenvalue weighted by Crippen LogP contribution is -2.17. The summed E-state index contributed by atoms with van der Waals surface area (Å²) in [5.74, 6) is -0.785. The van der Waals surface area contributed by atoms with Crippen LogP contribution in [0.15, 0.2) is 30.3 Å². The molecule has 1 rings (SSSR count). The molecule has 0 radical (unpaired) electrons. The number of hydrogen-bond donors (Lipinski definition) is 1. The van der Waals surface area contributed by atoms with Crippen molar-refractivity contribution in [2.75, 3.05) is 0 Å². The summed E-state index contributed by atoms with van der Waals surface area (Å²) in [6.07, 6.45) is 0. The largest absolute Gasteiger partial charge is 0.508 e. The maximum absolute atomic E-state index is 10.1. The van der Waals surface area contributed by atoms with Crippen LogP contribution < -0.4 is 0 Å². The highest BCUT2D eigenvalue weighted by Gasteiger charge is 2.32. The van der Waals surface area contributed by atoms with E-state index in [0.717, 1.165) is 0 Å². The molecule has 0 saturated heterocycles.